The fourth-order valence-corrected chi connectivity index (χ4v) is 5.38. The number of fused-ring (bicyclic) bond motifs is 1. The Morgan fingerprint density at radius 3 is 2.68 bits per heavy atom. The molecule has 37 heavy (non-hydrogen) atoms. The summed E-state index contributed by atoms with van der Waals surface area (Å²) in [4.78, 5) is 34.9. The predicted octanol–water partition coefficient (Wildman–Crippen LogP) is 6.39. The molecule has 2 heterocycles. The van der Waals surface area contributed by atoms with Crippen molar-refractivity contribution in [1.29, 1.82) is 0 Å². The lowest BCUT2D eigenvalue weighted by Gasteiger charge is -2.22. The predicted molar refractivity (Wildman–Crippen MR) is 134 cm³/mol. The Labute approximate surface area is 215 Å². The monoisotopic (exact) mass is 527 g/mol. The van der Waals surface area contributed by atoms with Crippen LogP contribution in [0.5, 0.6) is 0 Å². The van der Waals surface area contributed by atoms with Gasteiger partial charge in [0.05, 0.1) is 15.4 Å². The van der Waals surface area contributed by atoms with Gasteiger partial charge in [-0.3, -0.25) is 9.59 Å². The molecule has 0 spiro atoms. The third-order valence-corrected chi connectivity index (χ3v) is 7.53. The van der Waals surface area contributed by atoms with Crippen LogP contribution < -0.4 is 0 Å². The molecule has 6 nitrogen and oxygen atoms in total. The maximum Gasteiger partial charge on any atom is 0.416 e. The highest BCUT2D eigenvalue weighted by atomic mass is 32.1. The number of aromatic nitrogens is 2. The smallest absolute Gasteiger partial charge is 0.416 e. The number of carbonyl (C=O) groups is 2. The van der Waals surface area contributed by atoms with Crippen LogP contribution in [0, 0.1) is 0 Å². The van der Waals surface area contributed by atoms with Gasteiger partial charge in [-0.1, -0.05) is 30.3 Å². The quantitative estimate of drug-likeness (QED) is 0.213. The summed E-state index contributed by atoms with van der Waals surface area (Å²) >= 11 is 1.25. The number of rotatable bonds is 8. The fourth-order valence-electron chi connectivity index (χ4n) is 4.16. The molecule has 1 amide bonds. The maximum atomic E-state index is 13.8. The lowest BCUT2D eigenvalue weighted by Crippen LogP contribution is -2.36. The van der Waals surface area contributed by atoms with Crippen LogP contribution in [0.3, 0.4) is 0 Å². The number of halogens is 3. The fraction of sp³-hybridized carbons (Fsp3) is 0.296. The molecule has 0 atom stereocenters. The number of nitrogens with one attached hydrogen (secondary N) is 1. The Hall–Kier alpha value is -3.66. The lowest BCUT2D eigenvalue weighted by atomic mass is 10.1. The minimum absolute atomic E-state index is 0.0808. The molecule has 192 valence electrons. The molecule has 10 heteroatoms. The van der Waals surface area contributed by atoms with Crippen molar-refractivity contribution in [3.8, 4) is 10.4 Å². The summed E-state index contributed by atoms with van der Waals surface area (Å²) in [5.74, 6) is -0.819. The highest BCUT2D eigenvalue weighted by Gasteiger charge is 2.34. The van der Waals surface area contributed by atoms with Gasteiger partial charge < -0.3 is 14.6 Å². The van der Waals surface area contributed by atoms with Crippen molar-refractivity contribution in [3.05, 3.63) is 76.6 Å². The molecule has 2 aromatic carbocycles. The zero-order valence-corrected chi connectivity index (χ0v) is 20.8. The standard InChI is InChI=1S/C27H24F3N3O3S/c1-16(34)36-15-33(12-11-19-14-31-22-8-3-2-7-21(19)22)26(35)23-24(37-25(32-23)17-9-10-17)18-5-4-6-20(13-18)27(28,29)30/h2-8,13-14,17,31H,9-12,15H2,1H3. The van der Waals surface area contributed by atoms with Crippen LogP contribution in [-0.4, -0.2) is 40.0 Å². The molecule has 1 aliphatic rings. The molecule has 4 aromatic rings. The van der Waals surface area contributed by atoms with Crippen molar-refractivity contribution < 1.29 is 27.5 Å². The number of aromatic amines is 1. The zero-order valence-electron chi connectivity index (χ0n) is 20.0. The summed E-state index contributed by atoms with van der Waals surface area (Å²) < 4.78 is 45.4. The highest BCUT2D eigenvalue weighted by molar-refractivity contribution is 7.15. The van der Waals surface area contributed by atoms with E-state index in [0.29, 0.717) is 11.3 Å². The first kappa shape index (κ1) is 25.0. The number of alkyl halides is 3. The van der Waals surface area contributed by atoms with E-state index in [0.717, 1.165) is 46.4 Å². The number of amides is 1. The average Bonchev–Trinajstić information content (AvgIpc) is 3.49. The van der Waals surface area contributed by atoms with Crippen molar-refractivity contribution in [2.24, 2.45) is 0 Å². The van der Waals surface area contributed by atoms with Crippen LogP contribution in [0.15, 0.2) is 54.7 Å². The van der Waals surface area contributed by atoms with E-state index in [1.54, 1.807) is 6.07 Å². The molecular formula is C27H24F3N3O3S. The van der Waals surface area contributed by atoms with E-state index in [1.165, 1.54) is 29.2 Å². The first-order valence-electron chi connectivity index (χ1n) is 11.9. The second-order valence-corrected chi connectivity index (χ2v) is 10.1. The largest absolute Gasteiger partial charge is 0.444 e. The van der Waals surface area contributed by atoms with Gasteiger partial charge in [0.2, 0.25) is 0 Å². The molecule has 0 aliphatic heterocycles. The third-order valence-electron chi connectivity index (χ3n) is 6.26. The van der Waals surface area contributed by atoms with Gasteiger partial charge in [-0.15, -0.1) is 11.3 Å². The second kappa shape index (κ2) is 10.0. The normalized spacial score (nSPS) is 13.6. The Morgan fingerprint density at radius 2 is 1.95 bits per heavy atom. The van der Waals surface area contributed by atoms with Gasteiger partial charge in [0.1, 0.15) is 5.69 Å². The number of ether oxygens (including phenoxy) is 1. The van der Waals surface area contributed by atoms with Crippen LogP contribution in [0.4, 0.5) is 13.2 Å². The Kier molecular flexibility index (Phi) is 6.76. The van der Waals surface area contributed by atoms with Crippen LogP contribution in [0.2, 0.25) is 0 Å². The van der Waals surface area contributed by atoms with Gasteiger partial charge >= 0.3 is 12.1 Å². The number of esters is 1. The number of benzene rings is 2. The van der Waals surface area contributed by atoms with Gasteiger partial charge in [-0.05, 0) is 48.6 Å². The number of nitrogens with zero attached hydrogens (tertiary/aromatic N) is 2. The number of hydrogen-bond acceptors (Lipinski definition) is 5. The number of hydrogen-bond donors (Lipinski definition) is 1. The number of carbonyl (C=O) groups excluding carboxylic acids is 2. The van der Waals surface area contributed by atoms with Crippen molar-refractivity contribution >= 4 is 34.1 Å². The summed E-state index contributed by atoms with van der Waals surface area (Å²) in [6.45, 7) is 1.20. The molecule has 0 unspecified atom stereocenters. The minimum Gasteiger partial charge on any atom is -0.444 e. The summed E-state index contributed by atoms with van der Waals surface area (Å²) in [6.07, 6.45) is -0.288. The van der Waals surface area contributed by atoms with Crippen molar-refractivity contribution in [2.45, 2.75) is 38.3 Å². The molecule has 1 N–H and O–H groups in total. The molecule has 2 aromatic heterocycles. The van der Waals surface area contributed by atoms with E-state index in [1.807, 2.05) is 30.5 Å². The molecular weight excluding hydrogens is 503 g/mol. The van der Waals surface area contributed by atoms with Crippen LogP contribution in [0.25, 0.3) is 21.3 Å². The minimum atomic E-state index is -4.51. The summed E-state index contributed by atoms with van der Waals surface area (Å²) in [6, 6.07) is 12.7. The Balaban J connectivity index is 1.47. The molecule has 0 saturated heterocycles. The molecule has 0 bridgehead atoms. The molecule has 1 aliphatic carbocycles. The molecule has 0 radical (unpaired) electrons. The van der Waals surface area contributed by atoms with Crippen LogP contribution in [-0.2, 0) is 22.1 Å². The van der Waals surface area contributed by atoms with E-state index in [2.05, 4.69) is 9.97 Å². The Bertz CT molecular complexity index is 1460. The van der Waals surface area contributed by atoms with Gasteiger partial charge in [0, 0.05) is 36.5 Å². The second-order valence-electron chi connectivity index (χ2n) is 9.03. The van der Waals surface area contributed by atoms with E-state index in [4.69, 9.17) is 4.74 Å². The first-order valence-corrected chi connectivity index (χ1v) is 12.7. The topological polar surface area (TPSA) is 75.3 Å². The van der Waals surface area contributed by atoms with E-state index >= 15 is 0 Å². The third kappa shape index (κ3) is 5.53. The highest BCUT2D eigenvalue weighted by Crippen LogP contribution is 2.45. The number of para-hydroxylation sites is 1. The summed E-state index contributed by atoms with van der Waals surface area (Å²) in [5, 5.41) is 1.76. The Morgan fingerprint density at radius 1 is 1.16 bits per heavy atom. The lowest BCUT2D eigenvalue weighted by molar-refractivity contribution is -0.144. The van der Waals surface area contributed by atoms with Gasteiger partial charge in [-0.2, -0.15) is 13.2 Å². The molecule has 1 fully saturated rings. The average molecular weight is 528 g/mol. The number of thiazole rings is 1. The van der Waals surface area contributed by atoms with E-state index < -0.39 is 23.6 Å². The van der Waals surface area contributed by atoms with Gasteiger partial charge in [0.15, 0.2) is 6.73 Å². The van der Waals surface area contributed by atoms with Crippen LogP contribution in [0.1, 0.15) is 52.3 Å². The van der Waals surface area contributed by atoms with Crippen molar-refractivity contribution in [3.63, 3.8) is 0 Å². The summed E-state index contributed by atoms with van der Waals surface area (Å²) in [5.41, 5.74) is 1.53. The van der Waals surface area contributed by atoms with E-state index in [-0.39, 0.29) is 30.5 Å². The maximum absolute atomic E-state index is 13.8. The first-order chi connectivity index (χ1) is 17.7. The zero-order chi connectivity index (χ0) is 26.2. The summed E-state index contributed by atoms with van der Waals surface area (Å²) in [7, 11) is 0. The van der Waals surface area contributed by atoms with Gasteiger partial charge in [0.25, 0.3) is 5.91 Å². The van der Waals surface area contributed by atoms with Gasteiger partial charge in [-0.25, -0.2) is 4.98 Å². The van der Waals surface area contributed by atoms with E-state index in [9.17, 15) is 22.8 Å². The molecule has 1 saturated carbocycles. The SMILES string of the molecule is CC(=O)OCN(CCc1c[nH]c2ccccc12)C(=O)c1nc(C2CC2)sc1-c1cccc(C(F)(F)F)c1. The van der Waals surface area contributed by atoms with Crippen molar-refractivity contribution in [2.75, 3.05) is 13.3 Å². The van der Waals surface area contributed by atoms with Crippen LogP contribution >= 0.6 is 11.3 Å². The number of H-pyrrole nitrogens is 1. The van der Waals surface area contributed by atoms with Crippen molar-refractivity contribution in [1.82, 2.24) is 14.9 Å². The molecule has 5 rings (SSSR count).